The molecular weight excluding hydrogens is 234 g/mol. The Kier molecular flexibility index (Phi) is 3.94. The minimum absolute atomic E-state index is 0.0770. The lowest BCUT2D eigenvalue weighted by Crippen LogP contribution is -2.23. The van der Waals surface area contributed by atoms with E-state index in [9.17, 15) is 9.59 Å². The van der Waals surface area contributed by atoms with Gasteiger partial charge in [-0.1, -0.05) is 0 Å². The van der Waals surface area contributed by atoms with Crippen molar-refractivity contribution in [2.75, 3.05) is 25.2 Å². The maximum atomic E-state index is 11.5. The molecule has 0 atom stereocenters. The first-order valence-corrected chi connectivity index (χ1v) is 5.81. The van der Waals surface area contributed by atoms with Crippen LogP contribution in [0.4, 0.5) is 5.69 Å². The zero-order valence-corrected chi connectivity index (χ0v) is 10.2. The number of benzene rings is 1. The fourth-order valence-corrected chi connectivity index (χ4v) is 1.89. The molecule has 0 radical (unpaired) electrons. The smallest absolute Gasteiger partial charge is 0.337 e. The molecule has 0 bridgehead atoms. The minimum atomic E-state index is -0.442. The van der Waals surface area contributed by atoms with Gasteiger partial charge in [0.15, 0.2) is 0 Å². The van der Waals surface area contributed by atoms with Gasteiger partial charge in [0.2, 0.25) is 5.91 Å². The summed E-state index contributed by atoms with van der Waals surface area (Å²) in [7, 11) is 1.43. The van der Waals surface area contributed by atoms with Crippen molar-refractivity contribution in [3.63, 3.8) is 0 Å². The molecule has 1 saturated heterocycles. The number of carbonyl (C=O) groups excluding carboxylic acids is 2. The predicted octanol–water partition coefficient (Wildman–Crippen LogP) is 1.37. The summed E-state index contributed by atoms with van der Waals surface area (Å²) in [5, 5.41) is 0. The molecule has 96 valence electrons. The summed E-state index contributed by atoms with van der Waals surface area (Å²) in [6.45, 7) is 0.675. The normalized spacial score (nSPS) is 14.9. The Morgan fingerprint density at radius 2 is 2.06 bits per heavy atom. The molecule has 5 nitrogen and oxygen atoms in total. The number of amides is 1. The van der Waals surface area contributed by atoms with Crippen molar-refractivity contribution in [1.82, 2.24) is 0 Å². The van der Waals surface area contributed by atoms with Crippen LogP contribution in [-0.2, 0) is 14.3 Å². The molecule has 1 aromatic carbocycles. The summed E-state index contributed by atoms with van der Waals surface area (Å²) < 4.78 is 9.70. The molecular formula is C13H15NO4. The minimum Gasteiger partial charge on any atom is -0.425 e. The number of rotatable bonds is 4. The van der Waals surface area contributed by atoms with E-state index in [1.165, 1.54) is 7.11 Å². The first-order valence-electron chi connectivity index (χ1n) is 5.81. The summed E-state index contributed by atoms with van der Waals surface area (Å²) >= 11 is 0. The van der Waals surface area contributed by atoms with Crippen molar-refractivity contribution < 1.29 is 19.1 Å². The van der Waals surface area contributed by atoms with E-state index >= 15 is 0 Å². The molecule has 0 spiro atoms. The molecule has 0 saturated carbocycles. The van der Waals surface area contributed by atoms with Crippen molar-refractivity contribution >= 4 is 17.6 Å². The molecule has 1 heterocycles. The van der Waals surface area contributed by atoms with Gasteiger partial charge in [0.1, 0.15) is 12.4 Å². The van der Waals surface area contributed by atoms with Crippen LogP contribution in [-0.4, -0.2) is 32.1 Å². The Bertz CT molecular complexity index is 441. The van der Waals surface area contributed by atoms with E-state index < -0.39 is 5.97 Å². The van der Waals surface area contributed by atoms with Crippen molar-refractivity contribution in [2.24, 2.45) is 0 Å². The second-order valence-corrected chi connectivity index (χ2v) is 4.05. The SMILES string of the molecule is COCC(=O)Oc1ccc(N2CCCC2=O)cc1. The van der Waals surface area contributed by atoms with Crippen LogP contribution in [0.1, 0.15) is 12.8 Å². The van der Waals surface area contributed by atoms with Gasteiger partial charge in [0.25, 0.3) is 0 Å². The molecule has 0 aliphatic carbocycles. The number of methoxy groups -OCH3 is 1. The summed E-state index contributed by atoms with van der Waals surface area (Å²) in [4.78, 5) is 24.5. The van der Waals surface area contributed by atoms with E-state index in [-0.39, 0.29) is 12.5 Å². The number of ether oxygens (including phenoxy) is 2. The largest absolute Gasteiger partial charge is 0.425 e. The van der Waals surface area contributed by atoms with E-state index in [0.29, 0.717) is 12.2 Å². The number of anilines is 1. The Labute approximate surface area is 105 Å². The van der Waals surface area contributed by atoms with E-state index in [4.69, 9.17) is 4.74 Å². The maximum absolute atomic E-state index is 11.5. The van der Waals surface area contributed by atoms with Gasteiger partial charge in [0.05, 0.1) is 0 Å². The van der Waals surface area contributed by atoms with E-state index in [1.807, 2.05) is 0 Å². The zero-order valence-electron chi connectivity index (χ0n) is 10.2. The summed E-state index contributed by atoms with van der Waals surface area (Å²) in [6, 6.07) is 6.90. The Morgan fingerprint density at radius 1 is 1.33 bits per heavy atom. The molecule has 0 unspecified atom stereocenters. The van der Waals surface area contributed by atoms with Gasteiger partial charge in [0, 0.05) is 25.8 Å². The van der Waals surface area contributed by atoms with Crippen molar-refractivity contribution in [3.05, 3.63) is 24.3 Å². The van der Waals surface area contributed by atoms with Gasteiger partial charge in [-0.25, -0.2) is 4.79 Å². The topological polar surface area (TPSA) is 55.8 Å². The lowest BCUT2D eigenvalue weighted by molar-refractivity contribution is -0.138. The number of carbonyl (C=O) groups is 2. The Morgan fingerprint density at radius 3 is 2.61 bits per heavy atom. The van der Waals surface area contributed by atoms with E-state index in [0.717, 1.165) is 18.7 Å². The van der Waals surface area contributed by atoms with E-state index in [2.05, 4.69) is 4.74 Å². The second-order valence-electron chi connectivity index (χ2n) is 4.05. The van der Waals surface area contributed by atoms with Crippen molar-refractivity contribution in [3.8, 4) is 5.75 Å². The van der Waals surface area contributed by atoms with Gasteiger partial charge >= 0.3 is 5.97 Å². The second kappa shape index (κ2) is 5.64. The quantitative estimate of drug-likeness (QED) is 0.597. The first kappa shape index (κ1) is 12.6. The molecule has 18 heavy (non-hydrogen) atoms. The van der Waals surface area contributed by atoms with Crippen LogP contribution in [0.25, 0.3) is 0 Å². The fourth-order valence-electron chi connectivity index (χ4n) is 1.89. The number of esters is 1. The van der Waals surface area contributed by atoms with Gasteiger partial charge in [-0.3, -0.25) is 4.79 Å². The number of hydrogen-bond donors (Lipinski definition) is 0. The predicted molar refractivity (Wildman–Crippen MR) is 65.5 cm³/mol. The zero-order chi connectivity index (χ0) is 13.0. The Hall–Kier alpha value is -1.88. The van der Waals surface area contributed by atoms with Gasteiger partial charge in [-0.15, -0.1) is 0 Å². The molecule has 1 aliphatic rings. The van der Waals surface area contributed by atoms with Crippen LogP contribution < -0.4 is 9.64 Å². The molecule has 1 aliphatic heterocycles. The molecule has 1 aromatic rings. The third kappa shape index (κ3) is 2.87. The average Bonchev–Trinajstić information content (AvgIpc) is 2.77. The highest BCUT2D eigenvalue weighted by molar-refractivity contribution is 5.95. The number of nitrogens with zero attached hydrogens (tertiary/aromatic N) is 1. The van der Waals surface area contributed by atoms with Crippen LogP contribution in [0.15, 0.2) is 24.3 Å². The van der Waals surface area contributed by atoms with Crippen molar-refractivity contribution in [1.29, 1.82) is 0 Å². The lowest BCUT2D eigenvalue weighted by Gasteiger charge is -2.15. The van der Waals surface area contributed by atoms with Crippen LogP contribution in [0.2, 0.25) is 0 Å². The maximum Gasteiger partial charge on any atom is 0.337 e. The standard InChI is InChI=1S/C13H15NO4/c1-17-9-13(16)18-11-6-4-10(5-7-11)14-8-2-3-12(14)15/h4-7H,2-3,8-9H2,1H3. The molecule has 0 N–H and O–H groups in total. The lowest BCUT2D eigenvalue weighted by atomic mass is 10.3. The summed E-state index contributed by atoms with van der Waals surface area (Å²) in [6.07, 6.45) is 1.49. The average molecular weight is 249 g/mol. The highest BCUT2D eigenvalue weighted by Gasteiger charge is 2.21. The van der Waals surface area contributed by atoms with Crippen LogP contribution in [0.3, 0.4) is 0 Å². The van der Waals surface area contributed by atoms with Crippen molar-refractivity contribution in [2.45, 2.75) is 12.8 Å². The van der Waals surface area contributed by atoms with E-state index in [1.54, 1.807) is 29.2 Å². The Balaban J connectivity index is 2.01. The third-order valence-corrected chi connectivity index (χ3v) is 2.72. The third-order valence-electron chi connectivity index (χ3n) is 2.72. The van der Waals surface area contributed by atoms with Crippen LogP contribution >= 0.6 is 0 Å². The molecule has 5 heteroatoms. The molecule has 2 rings (SSSR count). The van der Waals surface area contributed by atoms with Gasteiger partial charge in [-0.2, -0.15) is 0 Å². The first-order chi connectivity index (χ1) is 8.70. The highest BCUT2D eigenvalue weighted by Crippen LogP contribution is 2.23. The van der Waals surface area contributed by atoms with Gasteiger partial charge in [-0.05, 0) is 30.7 Å². The number of hydrogen-bond acceptors (Lipinski definition) is 4. The van der Waals surface area contributed by atoms with Gasteiger partial charge < -0.3 is 14.4 Å². The molecule has 1 fully saturated rings. The highest BCUT2D eigenvalue weighted by atomic mass is 16.6. The fraction of sp³-hybridized carbons (Fsp3) is 0.385. The monoisotopic (exact) mass is 249 g/mol. The van der Waals surface area contributed by atoms with Crippen LogP contribution in [0.5, 0.6) is 5.75 Å². The van der Waals surface area contributed by atoms with Crippen LogP contribution in [0, 0.1) is 0 Å². The molecule has 0 aromatic heterocycles. The molecule has 1 amide bonds. The summed E-state index contributed by atoms with van der Waals surface area (Å²) in [5.41, 5.74) is 0.837. The summed E-state index contributed by atoms with van der Waals surface area (Å²) in [5.74, 6) is 0.147.